The molecule has 64 valence electrons. The molecule has 12 heavy (non-hydrogen) atoms. The van der Waals surface area contributed by atoms with E-state index >= 15 is 0 Å². The van der Waals surface area contributed by atoms with E-state index < -0.39 is 0 Å². The van der Waals surface area contributed by atoms with Gasteiger partial charge in [0.05, 0.1) is 5.69 Å². The molecule has 0 saturated carbocycles. The molecule has 0 unspecified atom stereocenters. The van der Waals surface area contributed by atoms with Gasteiger partial charge < -0.3 is 10.7 Å². The second-order valence-electron chi connectivity index (χ2n) is 2.08. The van der Waals surface area contributed by atoms with Crippen LogP contribution in [-0.2, 0) is 0 Å². The maximum absolute atomic E-state index is 12.9. The Morgan fingerprint density at radius 3 is 2.67 bits per heavy atom. The maximum Gasteiger partial charge on any atom is 0.185 e. The van der Waals surface area contributed by atoms with Crippen LogP contribution in [0.25, 0.3) is 0 Å². The minimum absolute atomic E-state index is 0.181. The Morgan fingerprint density at radius 2 is 2.08 bits per heavy atom. The lowest BCUT2D eigenvalue weighted by Gasteiger charge is -2.06. The molecule has 0 radical (unpaired) electrons. The number of nitrogens with two attached hydrogens (primary N) is 1. The van der Waals surface area contributed by atoms with Gasteiger partial charge in [0.25, 0.3) is 0 Å². The SMILES string of the molecule is NNC(=S)Nc1ccccc1F. The zero-order valence-electron chi connectivity index (χ0n) is 6.17. The molecule has 5 heteroatoms. The number of anilines is 1. The molecule has 1 rings (SSSR count). The van der Waals surface area contributed by atoms with Crippen LogP contribution in [0, 0.1) is 5.82 Å². The lowest BCUT2D eigenvalue weighted by Crippen LogP contribution is -2.34. The Balaban J connectivity index is 2.75. The van der Waals surface area contributed by atoms with E-state index in [1.54, 1.807) is 18.2 Å². The van der Waals surface area contributed by atoms with Gasteiger partial charge in [0.2, 0.25) is 0 Å². The number of halogens is 1. The maximum atomic E-state index is 12.9. The Bertz CT molecular complexity index is 290. The normalized spacial score (nSPS) is 9.17. The fourth-order valence-electron chi connectivity index (χ4n) is 0.721. The molecule has 0 fully saturated rings. The summed E-state index contributed by atoms with van der Waals surface area (Å²) in [7, 11) is 0. The summed E-state index contributed by atoms with van der Waals surface area (Å²) >= 11 is 4.68. The fourth-order valence-corrected chi connectivity index (χ4v) is 0.831. The third kappa shape index (κ3) is 2.14. The molecule has 0 heterocycles. The molecule has 0 aliphatic rings. The van der Waals surface area contributed by atoms with Gasteiger partial charge in [-0.25, -0.2) is 10.2 Å². The molecule has 1 aromatic carbocycles. The van der Waals surface area contributed by atoms with Gasteiger partial charge >= 0.3 is 0 Å². The summed E-state index contributed by atoms with van der Waals surface area (Å²) in [5.41, 5.74) is 2.50. The quantitative estimate of drug-likeness (QED) is 0.347. The molecule has 0 aliphatic heterocycles. The van der Waals surface area contributed by atoms with Crippen molar-refractivity contribution in [2.24, 2.45) is 5.84 Å². The molecule has 4 N–H and O–H groups in total. The average molecular weight is 185 g/mol. The second-order valence-corrected chi connectivity index (χ2v) is 2.49. The van der Waals surface area contributed by atoms with Crippen LogP contribution in [0.3, 0.4) is 0 Å². The summed E-state index contributed by atoms with van der Waals surface area (Å²) in [5, 5.41) is 2.76. The number of nitrogens with one attached hydrogen (secondary N) is 2. The van der Waals surface area contributed by atoms with Crippen molar-refractivity contribution in [1.82, 2.24) is 5.43 Å². The first-order valence-corrected chi connectivity index (χ1v) is 3.67. The van der Waals surface area contributed by atoms with Crippen LogP contribution in [0.2, 0.25) is 0 Å². The van der Waals surface area contributed by atoms with Crippen LogP contribution in [0.4, 0.5) is 10.1 Å². The molecule has 0 amide bonds. The number of thiocarbonyl (C=S) groups is 1. The molecular weight excluding hydrogens is 177 g/mol. The largest absolute Gasteiger partial charge is 0.329 e. The molecule has 0 aromatic heterocycles. The number of hydrazine groups is 1. The van der Waals surface area contributed by atoms with Gasteiger partial charge in [-0.3, -0.25) is 0 Å². The first-order chi connectivity index (χ1) is 5.74. The van der Waals surface area contributed by atoms with E-state index in [0.29, 0.717) is 5.69 Å². The van der Waals surface area contributed by atoms with Gasteiger partial charge in [0.1, 0.15) is 5.82 Å². The summed E-state index contributed by atoms with van der Waals surface area (Å²) < 4.78 is 12.9. The van der Waals surface area contributed by atoms with E-state index in [1.807, 2.05) is 0 Å². The number of para-hydroxylation sites is 1. The van der Waals surface area contributed by atoms with Crippen molar-refractivity contribution in [3.05, 3.63) is 30.1 Å². The fraction of sp³-hybridized carbons (Fsp3) is 0. The number of benzene rings is 1. The van der Waals surface area contributed by atoms with Crippen molar-refractivity contribution in [2.75, 3.05) is 5.32 Å². The highest BCUT2D eigenvalue weighted by molar-refractivity contribution is 7.80. The number of hydrogen-bond acceptors (Lipinski definition) is 2. The number of rotatable bonds is 1. The lowest BCUT2D eigenvalue weighted by molar-refractivity contribution is 0.632. The van der Waals surface area contributed by atoms with E-state index in [1.165, 1.54) is 6.07 Å². The standard InChI is InChI=1S/C7H8FN3S/c8-5-3-1-2-4-6(5)10-7(12)11-9/h1-4H,9H2,(H2,10,11,12). The van der Waals surface area contributed by atoms with Crippen LogP contribution in [0.5, 0.6) is 0 Å². The summed E-state index contributed by atoms with van der Waals surface area (Å²) in [4.78, 5) is 0. The molecule has 0 aliphatic carbocycles. The Kier molecular flexibility index (Phi) is 2.95. The molecule has 3 nitrogen and oxygen atoms in total. The monoisotopic (exact) mass is 185 g/mol. The van der Waals surface area contributed by atoms with E-state index in [-0.39, 0.29) is 10.9 Å². The van der Waals surface area contributed by atoms with Gasteiger partial charge in [-0.15, -0.1) is 0 Å². The molecule has 1 aromatic rings. The molecular formula is C7H8FN3S. The zero-order chi connectivity index (χ0) is 8.97. The summed E-state index contributed by atoms with van der Waals surface area (Å²) in [5.74, 6) is 4.63. The van der Waals surface area contributed by atoms with Crippen LogP contribution >= 0.6 is 12.2 Å². The van der Waals surface area contributed by atoms with E-state index in [2.05, 4.69) is 23.0 Å². The van der Waals surface area contributed by atoms with E-state index in [9.17, 15) is 4.39 Å². The molecule has 0 saturated heterocycles. The predicted molar refractivity (Wildman–Crippen MR) is 49.9 cm³/mol. The predicted octanol–water partition coefficient (Wildman–Crippen LogP) is 0.986. The van der Waals surface area contributed by atoms with Gasteiger partial charge in [-0.1, -0.05) is 12.1 Å². The van der Waals surface area contributed by atoms with Crippen molar-refractivity contribution in [3.8, 4) is 0 Å². The zero-order valence-corrected chi connectivity index (χ0v) is 6.99. The highest BCUT2D eigenvalue weighted by atomic mass is 32.1. The minimum Gasteiger partial charge on any atom is -0.329 e. The highest BCUT2D eigenvalue weighted by Gasteiger charge is 2.00. The van der Waals surface area contributed by atoms with Crippen molar-refractivity contribution in [2.45, 2.75) is 0 Å². The second kappa shape index (κ2) is 3.99. The van der Waals surface area contributed by atoms with Gasteiger partial charge in [-0.05, 0) is 24.4 Å². The van der Waals surface area contributed by atoms with Crippen molar-refractivity contribution >= 4 is 23.0 Å². The Morgan fingerprint density at radius 1 is 1.42 bits per heavy atom. The number of hydrogen-bond donors (Lipinski definition) is 3. The topological polar surface area (TPSA) is 50.1 Å². The van der Waals surface area contributed by atoms with Crippen molar-refractivity contribution in [3.63, 3.8) is 0 Å². The van der Waals surface area contributed by atoms with Crippen molar-refractivity contribution < 1.29 is 4.39 Å². The van der Waals surface area contributed by atoms with Gasteiger partial charge in [0.15, 0.2) is 5.11 Å². The van der Waals surface area contributed by atoms with Crippen LogP contribution in [0.1, 0.15) is 0 Å². The third-order valence-corrected chi connectivity index (χ3v) is 1.47. The Hall–Kier alpha value is -1.20. The van der Waals surface area contributed by atoms with E-state index in [0.717, 1.165) is 0 Å². The summed E-state index contributed by atoms with van der Waals surface area (Å²) in [6, 6.07) is 6.20. The van der Waals surface area contributed by atoms with Crippen molar-refractivity contribution in [1.29, 1.82) is 0 Å². The summed E-state index contributed by atoms with van der Waals surface area (Å²) in [6.45, 7) is 0. The minimum atomic E-state index is -0.366. The first kappa shape index (κ1) is 8.89. The average Bonchev–Trinajstić information content (AvgIpc) is 2.09. The molecule has 0 spiro atoms. The summed E-state index contributed by atoms with van der Waals surface area (Å²) in [6.07, 6.45) is 0. The Labute approximate surface area is 74.7 Å². The lowest BCUT2D eigenvalue weighted by atomic mass is 10.3. The highest BCUT2D eigenvalue weighted by Crippen LogP contribution is 2.11. The van der Waals surface area contributed by atoms with Gasteiger partial charge in [-0.2, -0.15) is 0 Å². The van der Waals surface area contributed by atoms with E-state index in [4.69, 9.17) is 5.84 Å². The van der Waals surface area contributed by atoms with Crippen LogP contribution in [0.15, 0.2) is 24.3 Å². The van der Waals surface area contributed by atoms with Crippen LogP contribution < -0.4 is 16.6 Å². The van der Waals surface area contributed by atoms with Crippen LogP contribution in [-0.4, -0.2) is 5.11 Å². The first-order valence-electron chi connectivity index (χ1n) is 3.26. The van der Waals surface area contributed by atoms with Gasteiger partial charge in [0, 0.05) is 0 Å². The third-order valence-electron chi connectivity index (χ3n) is 1.25. The molecule has 0 atom stereocenters. The smallest absolute Gasteiger partial charge is 0.185 e. The molecule has 0 bridgehead atoms.